The van der Waals surface area contributed by atoms with Crippen molar-refractivity contribution in [2.24, 2.45) is 0 Å². The molecule has 0 bridgehead atoms. The van der Waals surface area contributed by atoms with Crippen molar-refractivity contribution in [3.63, 3.8) is 0 Å². The molecule has 4 heterocycles. The molecule has 1 aliphatic rings. The number of carbonyl (C=O) groups is 1. The Morgan fingerprint density at radius 2 is 2.13 bits per heavy atom. The largest absolute Gasteiger partial charge is 0.447 e. The Balaban J connectivity index is 1.54. The predicted octanol–water partition coefficient (Wildman–Crippen LogP) is 3.32. The van der Waals surface area contributed by atoms with Crippen LogP contribution in [0.25, 0.3) is 5.82 Å². The summed E-state index contributed by atoms with van der Waals surface area (Å²) in [5.74, 6) is 1.85. The van der Waals surface area contributed by atoms with Crippen LogP contribution in [0.2, 0.25) is 5.02 Å². The number of carbonyl (C=O) groups excluding carboxylic acids is 1. The van der Waals surface area contributed by atoms with Crippen LogP contribution in [0.5, 0.6) is 0 Å². The zero-order chi connectivity index (χ0) is 21.3. The van der Waals surface area contributed by atoms with Crippen LogP contribution in [0.4, 0.5) is 16.7 Å². The third-order valence-corrected chi connectivity index (χ3v) is 4.97. The van der Waals surface area contributed by atoms with Crippen molar-refractivity contribution >= 4 is 29.6 Å². The average molecular weight is 429 g/mol. The molecule has 1 saturated heterocycles. The van der Waals surface area contributed by atoms with Crippen molar-refractivity contribution in [3.8, 4) is 5.82 Å². The van der Waals surface area contributed by atoms with Crippen molar-refractivity contribution in [2.75, 3.05) is 16.8 Å². The third kappa shape index (κ3) is 4.04. The molecule has 0 radical (unpaired) electrons. The van der Waals surface area contributed by atoms with E-state index in [1.807, 2.05) is 26.1 Å². The molecule has 0 saturated carbocycles. The number of nitrogens with zero attached hydrogens (tertiary/aromatic N) is 7. The first-order valence-corrected chi connectivity index (χ1v) is 9.93. The van der Waals surface area contributed by atoms with Gasteiger partial charge in [-0.05, 0) is 32.4 Å². The van der Waals surface area contributed by atoms with Crippen LogP contribution >= 0.6 is 11.6 Å². The number of pyridine rings is 1. The number of amides is 1. The van der Waals surface area contributed by atoms with Crippen LogP contribution in [0.1, 0.15) is 37.8 Å². The van der Waals surface area contributed by atoms with Gasteiger partial charge in [0.25, 0.3) is 0 Å². The maximum Gasteiger partial charge on any atom is 0.417 e. The van der Waals surface area contributed by atoms with Crippen LogP contribution in [-0.2, 0) is 4.74 Å². The van der Waals surface area contributed by atoms with Gasteiger partial charge in [-0.1, -0.05) is 18.5 Å². The SMILES string of the molecule is CC[C@H]1COC(=O)N1c1nc(C)nc(N[C@@H](C)c2cn(-c3ccc(Cl)cn3)cn2)n1. The van der Waals surface area contributed by atoms with Crippen LogP contribution in [0, 0.1) is 6.92 Å². The van der Waals surface area contributed by atoms with E-state index in [2.05, 4.69) is 30.2 Å². The fourth-order valence-electron chi connectivity index (χ4n) is 3.12. The van der Waals surface area contributed by atoms with Gasteiger partial charge in [0.1, 0.15) is 24.6 Å². The Morgan fingerprint density at radius 3 is 2.87 bits per heavy atom. The van der Waals surface area contributed by atoms with Gasteiger partial charge in [0.15, 0.2) is 0 Å². The Kier molecular flexibility index (Phi) is 5.49. The number of halogens is 1. The maximum absolute atomic E-state index is 12.1. The van der Waals surface area contributed by atoms with Crippen molar-refractivity contribution in [3.05, 3.63) is 47.4 Å². The topological polar surface area (TPSA) is 111 Å². The molecule has 1 aliphatic heterocycles. The third-order valence-electron chi connectivity index (χ3n) is 4.75. The highest BCUT2D eigenvalue weighted by Crippen LogP contribution is 2.23. The van der Waals surface area contributed by atoms with Crippen LogP contribution in [-0.4, -0.2) is 48.2 Å². The highest BCUT2D eigenvalue weighted by Gasteiger charge is 2.35. The Labute approximate surface area is 178 Å². The molecule has 1 N–H and O–H groups in total. The van der Waals surface area contributed by atoms with Gasteiger partial charge >= 0.3 is 6.09 Å². The van der Waals surface area contributed by atoms with Gasteiger partial charge in [-0.3, -0.25) is 4.57 Å². The molecule has 10 nitrogen and oxygen atoms in total. The molecule has 0 spiro atoms. The molecule has 0 aromatic carbocycles. The second kappa shape index (κ2) is 8.23. The molecule has 4 rings (SSSR count). The quantitative estimate of drug-likeness (QED) is 0.636. The van der Waals surface area contributed by atoms with E-state index in [4.69, 9.17) is 16.3 Å². The van der Waals surface area contributed by atoms with Gasteiger partial charge in [0, 0.05) is 12.4 Å². The molecular formula is C19H21ClN8O2. The summed E-state index contributed by atoms with van der Waals surface area (Å²) < 4.78 is 6.95. The zero-order valence-electron chi connectivity index (χ0n) is 16.8. The van der Waals surface area contributed by atoms with Crippen LogP contribution < -0.4 is 10.2 Å². The highest BCUT2D eigenvalue weighted by atomic mass is 35.5. The summed E-state index contributed by atoms with van der Waals surface area (Å²) >= 11 is 5.90. The Morgan fingerprint density at radius 1 is 1.30 bits per heavy atom. The van der Waals surface area contributed by atoms with E-state index >= 15 is 0 Å². The summed E-state index contributed by atoms with van der Waals surface area (Å²) in [6.07, 6.45) is 5.43. The molecule has 1 amide bonds. The lowest BCUT2D eigenvalue weighted by Gasteiger charge is -2.19. The minimum atomic E-state index is -0.444. The van der Waals surface area contributed by atoms with E-state index in [1.54, 1.807) is 30.1 Å². The molecule has 2 atom stereocenters. The lowest BCUT2D eigenvalue weighted by atomic mass is 10.2. The number of aryl methyl sites for hydroxylation is 1. The second-order valence-corrected chi connectivity index (χ2v) is 7.36. The van der Waals surface area contributed by atoms with E-state index in [0.717, 1.165) is 12.1 Å². The number of rotatable bonds is 6. The highest BCUT2D eigenvalue weighted by molar-refractivity contribution is 6.30. The van der Waals surface area contributed by atoms with Gasteiger partial charge in [0.05, 0.1) is 22.8 Å². The first kappa shape index (κ1) is 20.0. The molecule has 1 fully saturated rings. The molecule has 0 unspecified atom stereocenters. The standard InChI is InChI=1S/C19H21ClN8O2/c1-4-14-9-30-19(29)28(14)18-25-12(3)24-17(26-18)23-11(2)15-8-27(10-22-15)16-6-5-13(20)7-21-16/h5-8,10-11,14H,4,9H2,1-3H3,(H,23,24,25,26)/t11-,14-/m0/s1. The summed E-state index contributed by atoms with van der Waals surface area (Å²) in [6, 6.07) is 3.30. The molecule has 30 heavy (non-hydrogen) atoms. The van der Waals surface area contributed by atoms with Gasteiger partial charge < -0.3 is 10.1 Å². The van der Waals surface area contributed by atoms with Crippen molar-refractivity contribution < 1.29 is 9.53 Å². The fraction of sp³-hybridized carbons (Fsp3) is 0.368. The van der Waals surface area contributed by atoms with E-state index in [-0.39, 0.29) is 18.0 Å². The number of anilines is 2. The minimum Gasteiger partial charge on any atom is -0.447 e. The van der Waals surface area contributed by atoms with Crippen LogP contribution in [0.3, 0.4) is 0 Å². The van der Waals surface area contributed by atoms with Gasteiger partial charge in [-0.15, -0.1) is 0 Å². The lowest BCUT2D eigenvalue weighted by molar-refractivity contribution is 0.178. The first-order chi connectivity index (χ1) is 14.4. The lowest BCUT2D eigenvalue weighted by Crippen LogP contribution is -2.34. The number of imidazole rings is 1. The second-order valence-electron chi connectivity index (χ2n) is 6.92. The average Bonchev–Trinajstić information content (AvgIpc) is 3.35. The van der Waals surface area contributed by atoms with Crippen LogP contribution in [0.15, 0.2) is 30.9 Å². The monoisotopic (exact) mass is 428 g/mol. The van der Waals surface area contributed by atoms with Crippen molar-refractivity contribution in [1.29, 1.82) is 0 Å². The summed E-state index contributed by atoms with van der Waals surface area (Å²) in [7, 11) is 0. The number of cyclic esters (lactones) is 1. The summed E-state index contributed by atoms with van der Waals surface area (Å²) in [5.41, 5.74) is 0.776. The van der Waals surface area contributed by atoms with Gasteiger partial charge in [-0.25, -0.2) is 19.7 Å². The van der Waals surface area contributed by atoms with E-state index < -0.39 is 6.09 Å². The zero-order valence-corrected chi connectivity index (χ0v) is 17.5. The number of hydrogen-bond acceptors (Lipinski definition) is 8. The number of hydrogen-bond donors (Lipinski definition) is 1. The van der Waals surface area contributed by atoms with Crippen molar-refractivity contribution in [1.82, 2.24) is 29.5 Å². The Hall–Kier alpha value is -3.27. The van der Waals surface area contributed by atoms with E-state index in [1.165, 1.54) is 4.90 Å². The summed E-state index contributed by atoms with van der Waals surface area (Å²) in [4.78, 5) is 35.4. The smallest absolute Gasteiger partial charge is 0.417 e. The molecule has 3 aromatic rings. The fourth-order valence-corrected chi connectivity index (χ4v) is 3.23. The van der Waals surface area contributed by atoms with Gasteiger partial charge in [-0.2, -0.15) is 15.0 Å². The number of ether oxygens (including phenoxy) is 1. The first-order valence-electron chi connectivity index (χ1n) is 9.55. The normalized spacial score (nSPS) is 17.1. The number of nitrogens with one attached hydrogen (secondary N) is 1. The van der Waals surface area contributed by atoms with Gasteiger partial charge in [0.2, 0.25) is 11.9 Å². The molecule has 3 aromatic heterocycles. The molecule has 156 valence electrons. The van der Waals surface area contributed by atoms with Crippen molar-refractivity contribution in [2.45, 2.75) is 39.3 Å². The van der Waals surface area contributed by atoms with E-state index in [0.29, 0.717) is 29.2 Å². The molecular weight excluding hydrogens is 408 g/mol. The summed E-state index contributed by atoms with van der Waals surface area (Å²) in [6.45, 7) is 6.01. The minimum absolute atomic E-state index is 0.0906. The number of aromatic nitrogens is 6. The Bertz CT molecular complexity index is 1050. The molecule has 0 aliphatic carbocycles. The predicted molar refractivity (Wildman–Crippen MR) is 111 cm³/mol. The van der Waals surface area contributed by atoms with E-state index in [9.17, 15) is 4.79 Å². The maximum atomic E-state index is 12.1. The molecule has 11 heteroatoms. The summed E-state index contributed by atoms with van der Waals surface area (Å²) in [5, 5.41) is 3.80.